The molecular weight excluding hydrogens is 422 g/mol. The quantitative estimate of drug-likeness (QED) is 0.285. The van der Waals surface area contributed by atoms with Crippen molar-refractivity contribution in [3.63, 3.8) is 0 Å². The van der Waals surface area contributed by atoms with E-state index in [1.54, 1.807) is 4.57 Å². The predicted octanol–water partition coefficient (Wildman–Crippen LogP) is 6.61. The van der Waals surface area contributed by atoms with Gasteiger partial charge in [0.25, 0.3) is 5.56 Å². The van der Waals surface area contributed by atoms with E-state index >= 15 is 0 Å². The van der Waals surface area contributed by atoms with E-state index in [1.165, 1.54) is 5.56 Å². The molecule has 5 heteroatoms. The zero-order valence-electron chi connectivity index (χ0n) is 21.2. The Morgan fingerprint density at radius 2 is 1.62 bits per heavy atom. The molecule has 0 aliphatic heterocycles. The lowest BCUT2D eigenvalue weighted by molar-refractivity contribution is -0.133. The number of carbonyl (C=O) groups excluding carboxylic acids is 1. The van der Waals surface area contributed by atoms with E-state index in [0.29, 0.717) is 29.7 Å². The van der Waals surface area contributed by atoms with E-state index in [-0.39, 0.29) is 17.5 Å². The first kappa shape index (κ1) is 25.7. The topological polar surface area (TPSA) is 55.2 Å². The second kappa shape index (κ2) is 12.5. The molecule has 3 rings (SSSR count). The lowest BCUT2D eigenvalue weighted by Gasteiger charge is -2.31. The Morgan fingerprint density at radius 3 is 2.29 bits per heavy atom. The fourth-order valence-corrected chi connectivity index (χ4v) is 4.44. The molecule has 0 saturated carbocycles. The first-order valence-corrected chi connectivity index (χ1v) is 12.9. The number of fused-ring (bicyclic) bond motifs is 1. The van der Waals surface area contributed by atoms with Gasteiger partial charge in [-0.2, -0.15) is 0 Å². The lowest BCUT2D eigenvalue weighted by atomic mass is 10.1. The van der Waals surface area contributed by atoms with Crippen LogP contribution in [0.15, 0.2) is 53.3 Å². The molecule has 0 N–H and O–H groups in total. The van der Waals surface area contributed by atoms with Crippen molar-refractivity contribution in [2.75, 3.05) is 6.54 Å². The summed E-state index contributed by atoms with van der Waals surface area (Å²) in [5.74, 6) is 0.764. The minimum absolute atomic E-state index is 0.0939. The van der Waals surface area contributed by atoms with Gasteiger partial charge in [0.1, 0.15) is 5.82 Å². The Kier molecular flexibility index (Phi) is 9.43. The molecule has 34 heavy (non-hydrogen) atoms. The Morgan fingerprint density at radius 1 is 0.941 bits per heavy atom. The van der Waals surface area contributed by atoms with Crippen LogP contribution in [0.5, 0.6) is 0 Å². The number of hydrogen-bond acceptors (Lipinski definition) is 3. The van der Waals surface area contributed by atoms with Gasteiger partial charge >= 0.3 is 0 Å². The lowest BCUT2D eigenvalue weighted by Crippen LogP contribution is -2.38. The van der Waals surface area contributed by atoms with Gasteiger partial charge in [-0.15, -0.1) is 0 Å². The molecular formula is C29H39N3O2. The standard InChI is InChI=1S/C29H39N3O2/c1-5-8-10-16-27(33)31(21-13-9-6-2)22(4)28-30-26-15-12-11-14-25(26)29(34)32(28)24-19-17-23(7-3)18-20-24/h11-12,14-15,17-20,22H,5-10,13,16,21H2,1-4H3. The molecule has 5 nitrogen and oxygen atoms in total. The summed E-state index contributed by atoms with van der Waals surface area (Å²) in [6, 6.07) is 15.2. The fourth-order valence-electron chi connectivity index (χ4n) is 4.44. The first-order valence-electron chi connectivity index (χ1n) is 12.9. The highest BCUT2D eigenvalue weighted by atomic mass is 16.2. The molecule has 1 amide bonds. The Bertz CT molecular complexity index is 1130. The molecule has 1 aromatic heterocycles. The molecule has 0 radical (unpaired) electrons. The zero-order chi connectivity index (χ0) is 24.5. The van der Waals surface area contributed by atoms with Crippen LogP contribution in [0.2, 0.25) is 0 Å². The Labute approximate surface area is 203 Å². The number of unbranched alkanes of at least 4 members (excludes halogenated alkanes) is 4. The minimum atomic E-state index is -0.311. The van der Waals surface area contributed by atoms with Gasteiger partial charge in [-0.05, 0) is 56.0 Å². The van der Waals surface area contributed by atoms with E-state index in [0.717, 1.165) is 50.6 Å². The summed E-state index contributed by atoms with van der Waals surface area (Å²) in [6.45, 7) is 9.12. The minimum Gasteiger partial charge on any atom is -0.333 e. The second-order valence-corrected chi connectivity index (χ2v) is 9.08. The van der Waals surface area contributed by atoms with Crippen LogP contribution in [-0.4, -0.2) is 26.9 Å². The summed E-state index contributed by atoms with van der Waals surface area (Å²) in [7, 11) is 0. The third-order valence-corrected chi connectivity index (χ3v) is 6.56. The smallest absolute Gasteiger partial charge is 0.266 e. The average Bonchev–Trinajstić information content (AvgIpc) is 2.86. The maximum atomic E-state index is 13.7. The third kappa shape index (κ3) is 5.94. The van der Waals surface area contributed by atoms with Crippen molar-refractivity contribution >= 4 is 16.8 Å². The first-order chi connectivity index (χ1) is 16.5. The summed E-state index contributed by atoms with van der Waals surface area (Å²) in [5, 5.41) is 0.588. The van der Waals surface area contributed by atoms with Crippen LogP contribution in [-0.2, 0) is 11.2 Å². The van der Waals surface area contributed by atoms with Crippen molar-refractivity contribution in [1.82, 2.24) is 14.5 Å². The van der Waals surface area contributed by atoms with Gasteiger partial charge in [-0.1, -0.05) is 70.7 Å². The molecule has 0 fully saturated rings. The average molecular weight is 462 g/mol. The van der Waals surface area contributed by atoms with Crippen LogP contribution >= 0.6 is 0 Å². The van der Waals surface area contributed by atoms with Gasteiger partial charge in [0.05, 0.1) is 22.6 Å². The number of rotatable bonds is 12. The van der Waals surface area contributed by atoms with Crippen molar-refractivity contribution in [2.24, 2.45) is 0 Å². The van der Waals surface area contributed by atoms with Crippen LogP contribution in [0, 0.1) is 0 Å². The molecule has 2 aromatic carbocycles. The largest absolute Gasteiger partial charge is 0.333 e. The molecule has 1 unspecified atom stereocenters. The summed E-state index contributed by atoms with van der Waals surface area (Å²) in [6.07, 6.45) is 7.60. The number of carbonyl (C=O) groups is 1. The summed E-state index contributed by atoms with van der Waals surface area (Å²) < 4.78 is 1.71. The van der Waals surface area contributed by atoms with Crippen molar-refractivity contribution in [3.05, 3.63) is 70.3 Å². The highest BCUT2D eigenvalue weighted by Gasteiger charge is 2.26. The number of nitrogens with zero attached hydrogens (tertiary/aromatic N) is 3. The fraction of sp³-hybridized carbons (Fsp3) is 0.483. The molecule has 0 bridgehead atoms. The highest BCUT2D eigenvalue weighted by Crippen LogP contribution is 2.25. The normalized spacial score (nSPS) is 12.1. The van der Waals surface area contributed by atoms with Crippen molar-refractivity contribution in [2.45, 2.75) is 85.1 Å². The molecule has 1 heterocycles. The molecule has 0 aliphatic carbocycles. The summed E-state index contributed by atoms with van der Waals surface area (Å²) >= 11 is 0. The van der Waals surface area contributed by atoms with Crippen LogP contribution in [0.4, 0.5) is 0 Å². The Balaban J connectivity index is 2.11. The monoisotopic (exact) mass is 461 g/mol. The summed E-state index contributed by atoms with van der Waals surface area (Å²) in [4.78, 5) is 33.9. The van der Waals surface area contributed by atoms with E-state index in [1.807, 2.05) is 48.2 Å². The van der Waals surface area contributed by atoms with E-state index in [4.69, 9.17) is 4.98 Å². The zero-order valence-corrected chi connectivity index (χ0v) is 21.2. The number of aromatic nitrogens is 2. The summed E-state index contributed by atoms with van der Waals surface area (Å²) in [5.41, 5.74) is 2.58. The highest BCUT2D eigenvalue weighted by molar-refractivity contribution is 5.79. The predicted molar refractivity (Wildman–Crippen MR) is 141 cm³/mol. The molecule has 3 aromatic rings. The van der Waals surface area contributed by atoms with Crippen LogP contribution < -0.4 is 5.56 Å². The van der Waals surface area contributed by atoms with Gasteiger partial charge in [0, 0.05) is 13.0 Å². The van der Waals surface area contributed by atoms with E-state index in [2.05, 4.69) is 32.9 Å². The molecule has 0 spiro atoms. The number of hydrogen-bond donors (Lipinski definition) is 0. The molecule has 0 saturated heterocycles. The SMILES string of the molecule is CCCCCC(=O)N(CCCCC)C(C)c1nc2ccccc2c(=O)n1-c1ccc(CC)cc1. The second-order valence-electron chi connectivity index (χ2n) is 9.08. The van der Waals surface area contributed by atoms with E-state index < -0.39 is 0 Å². The number of aryl methyl sites for hydroxylation is 1. The maximum absolute atomic E-state index is 13.7. The molecule has 182 valence electrons. The van der Waals surface area contributed by atoms with Gasteiger partial charge in [-0.25, -0.2) is 4.98 Å². The number of para-hydroxylation sites is 1. The van der Waals surface area contributed by atoms with Gasteiger partial charge in [-0.3, -0.25) is 14.2 Å². The van der Waals surface area contributed by atoms with Crippen molar-refractivity contribution < 1.29 is 4.79 Å². The van der Waals surface area contributed by atoms with E-state index in [9.17, 15) is 9.59 Å². The molecule has 1 atom stereocenters. The van der Waals surface area contributed by atoms with Gasteiger partial charge < -0.3 is 4.90 Å². The van der Waals surface area contributed by atoms with Crippen LogP contribution in [0.25, 0.3) is 16.6 Å². The number of amides is 1. The van der Waals surface area contributed by atoms with Crippen molar-refractivity contribution in [3.8, 4) is 5.69 Å². The van der Waals surface area contributed by atoms with Crippen molar-refractivity contribution in [1.29, 1.82) is 0 Å². The van der Waals surface area contributed by atoms with Crippen LogP contribution in [0.1, 0.15) is 90.1 Å². The van der Waals surface area contributed by atoms with Gasteiger partial charge in [0.2, 0.25) is 5.91 Å². The van der Waals surface area contributed by atoms with Gasteiger partial charge in [0.15, 0.2) is 0 Å². The molecule has 0 aliphatic rings. The maximum Gasteiger partial charge on any atom is 0.266 e. The number of benzene rings is 2. The third-order valence-electron chi connectivity index (χ3n) is 6.56. The van der Waals surface area contributed by atoms with Crippen LogP contribution in [0.3, 0.4) is 0 Å². The Hall–Kier alpha value is -2.95.